The molecule has 0 N–H and O–H groups in total. The number of carbonyl (C=O) groups is 1. The first-order valence-electron chi connectivity index (χ1n) is 6.86. The van der Waals surface area contributed by atoms with Crippen LogP contribution in [-0.2, 0) is 16.1 Å². The highest BCUT2D eigenvalue weighted by Crippen LogP contribution is 2.21. The van der Waals surface area contributed by atoms with Crippen molar-refractivity contribution < 1.29 is 13.9 Å². The van der Waals surface area contributed by atoms with Gasteiger partial charge in [0.2, 0.25) is 0 Å². The second-order valence-corrected chi connectivity index (χ2v) is 4.86. The maximum atomic E-state index is 13.2. The summed E-state index contributed by atoms with van der Waals surface area (Å²) < 4.78 is 18.3. The highest BCUT2D eigenvalue weighted by Gasteiger charge is 2.29. The molecule has 0 bridgehead atoms. The Morgan fingerprint density at radius 1 is 1.47 bits per heavy atom. The summed E-state index contributed by atoms with van der Waals surface area (Å²) in [5.41, 5.74) is 0.899. The summed E-state index contributed by atoms with van der Waals surface area (Å²) in [6.45, 7) is 3.68. The van der Waals surface area contributed by atoms with Gasteiger partial charge >= 0.3 is 5.97 Å². The number of ether oxygens (including phenoxy) is 1. The van der Waals surface area contributed by atoms with Gasteiger partial charge in [-0.05, 0) is 44.0 Å². The Hall–Kier alpha value is -1.42. The maximum Gasteiger partial charge on any atom is 0.323 e. The molecule has 1 aromatic rings. The molecule has 0 aliphatic carbocycles. The van der Waals surface area contributed by atoms with Gasteiger partial charge in [0.1, 0.15) is 11.9 Å². The number of hydrogen-bond acceptors (Lipinski definition) is 3. The van der Waals surface area contributed by atoms with E-state index < -0.39 is 0 Å². The van der Waals surface area contributed by atoms with E-state index in [0.29, 0.717) is 13.2 Å². The number of rotatable bonds is 4. The molecule has 19 heavy (non-hydrogen) atoms. The number of halogens is 1. The topological polar surface area (TPSA) is 29.5 Å². The minimum Gasteiger partial charge on any atom is -0.465 e. The van der Waals surface area contributed by atoms with E-state index in [-0.39, 0.29) is 17.8 Å². The van der Waals surface area contributed by atoms with E-state index in [1.807, 2.05) is 13.0 Å². The van der Waals surface area contributed by atoms with Gasteiger partial charge in [-0.2, -0.15) is 0 Å². The Morgan fingerprint density at radius 2 is 2.32 bits per heavy atom. The fourth-order valence-corrected chi connectivity index (χ4v) is 2.56. The van der Waals surface area contributed by atoms with E-state index in [1.165, 1.54) is 12.1 Å². The summed E-state index contributed by atoms with van der Waals surface area (Å²) in [6.07, 6.45) is 2.95. The molecule has 4 heteroatoms. The van der Waals surface area contributed by atoms with Crippen LogP contribution in [0, 0.1) is 5.82 Å². The van der Waals surface area contributed by atoms with E-state index in [9.17, 15) is 9.18 Å². The first kappa shape index (κ1) is 14.0. The first-order chi connectivity index (χ1) is 9.20. The van der Waals surface area contributed by atoms with Crippen molar-refractivity contribution in [2.24, 2.45) is 0 Å². The Morgan fingerprint density at radius 3 is 3.05 bits per heavy atom. The molecule has 1 heterocycles. The van der Waals surface area contributed by atoms with Crippen molar-refractivity contribution >= 4 is 5.97 Å². The number of benzene rings is 1. The fraction of sp³-hybridized carbons (Fsp3) is 0.533. The van der Waals surface area contributed by atoms with Crippen LogP contribution in [0.2, 0.25) is 0 Å². The smallest absolute Gasteiger partial charge is 0.323 e. The maximum absolute atomic E-state index is 13.2. The molecule has 0 saturated carbocycles. The summed E-state index contributed by atoms with van der Waals surface area (Å²) >= 11 is 0. The van der Waals surface area contributed by atoms with Crippen molar-refractivity contribution in [2.45, 2.75) is 38.8 Å². The lowest BCUT2D eigenvalue weighted by Gasteiger charge is -2.33. The average molecular weight is 265 g/mol. The standard InChI is InChI=1S/C15H20FNO2/c1-2-19-15(18)14-8-3-4-9-17(14)11-12-6-5-7-13(16)10-12/h5-7,10,14H,2-4,8-9,11H2,1H3/t14-/m0/s1. The summed E-state index contributed by atoms with van der Waals surface area (Å²) in [6, 6.07) is 6.37. The number of nitrogens with zero attached hydrogens (tertiary/aromatic N) is 1. The SMILES string of the molecule is CCOC(=O)[C@@H]1CCCCN1Cc1cccc(F)c1. The summed E-state index contributed by atoms with van der Waals surface area (Å²) in [7, 11) is 0. The second-order valence-electron chi connectivity index (χ2n) is 4.86. The van der Waals surface area contributed by atoms with Crippen molar-refractivity contribution in [3.8, 4) is 0 Å². The molecule has 0 aromatic heterocycles. The lowest BCUT2D eigenvalue weighted by atomic mass is 10.0. The van der Waals surface area contributed by atoms with Crippen LogP contribution >= 0.6 is 0 Å². The minimum atomic E-state index is -0.234. The van der Waals surface area contributed by atoms with Gasteiger partial charge in [0.15, 0.2) is 0 Å². The number of likely N-dealkylation sites (tertiary alicyclic amines) is 1. The van der Waals surface area contributed by atoms with Crippen LogP contribution in [0.3, 0.4) is 0 Å². The van der Waals surface area contributed by atoms with Gasteiger partial charge in [-0.25, -0.2) is 4.39 Å². The molecule has 0 radical (unpaired) electrons. The zero-order valence-corrected chi connectivity index (χ0v) is 11.3. The van der Waals surface area contributed by atoms with Crippen molar-refractivity contribution in [1.29, 1.82) is 0 Å². The molecule has 1 fully saturated rings. The number of hydrogen-bond donors (Lipinski definition) is 0. The molecule has 1 saturated heterocycles. The third-order valence-corrected chi connectivity index (χ3v) is 3.45. The predicted molar refractivity (Wildman–Crippen MR) is 71.1 cm³/mol. The second kappa shape index (κ2) is 6.66. The molecule has 0 unspecified atom stereocenters. The predicted octanol–water partition coefficient (Wildman–Crippen LogP) is 2.74. The van der Waals surface area contributed by atoms with Gasteiger partial charge in [0.25, 0.3) is 0 Å². The zero-order chi connectivity index (χ0) is 13.7. The number of piperidine rings is 1. The number of esters is 1. The third kappa shape index (κ3) is 3.77. The lowest BCUT2D eigenvalue weighted by Crippen LogP contribution is -2.44. The van der Waals surface area contributed by atoms with Crippen LogP contribution in [0.4, 0.5) is 4.39 Å². The highest BCUT2D eigenvalue weighted by atomic mass is 19.1. The molecule has 104 valence electrons. The molecule has 1 aliphatic rings. The average Bonchev–Trinajstić information content (AvgIpc) is 2.39. The van der Waals surface area contributed by atoms with Crippen molar-refractivity contribution in [2.75, 3.05) is 13.2 Å². The van der Waals surface area contributed by atoms with Gasteiger partial charge < -0.3 is 4.74 Å². The fourth-order valence-electron chi connectivity index (χ4n) is 2.56. The van der Waals surface area contributed by atoms with Crippen LogP contribution in [0.5, 0.6) is 0 Å². The highest BCUT2D eigenvalue weighted by molar-refractivity contribution is 5.75. The van der Waals surface area contributed by atoms with Crippen molar-refractivity contribution in [3.05, 3.63) is 35.6 Å². The largest absolute Gasteiger partial charge is 0.465 e. The quantitative estimate of drug-likeness (QED) is 0.784. The molecule has 3 nitrogen and oxygen atoms in total. The van der Waals surface area contributed by atoms with E-state index in [1.54, 1.807) is 6.07 Å². The number of carbonyl (C=O) groups excluding carboxylic acids is 1. The monoisotopic (exact) mass is 265 g/mol. The summed E-state index contributed by atoms with van der Waals surface area (Å²) in [5.74, 6) is -0.388. The molecule has 2 rings (SSSR count). The van der Waals surface area contributed by atoms with Crippen LogP contribution < -0.4 is 0 Å². The van der Waals surface area contributed by atoms with Crippen molar-refractivity contribution in [1.82, 2.24) is 4.90 Å². The molecule has 0 spiro atoms. The van der Waals surface area contributed by atoms with Gasteiger partial charge in [0.05, 0.1) is 6.61 Å². The van der Waals surface area contributed by atoms with E-state index in [2.05, 4.69) is 4.90 Å². The minimum absolute atomic E-state index is 0.154. The molecule has 0 amide bonds. The molecule has 1 atom stereocenters. The van der Waals surface area contributed by atoms with Crippen molar-refractivity contribution in [3.63, 3.8) is 0 Å². The summed E-state index contributed by atoms with van der Waals surface area (Å²) in [5, 5.41) is 0. The molecular weight excluding hydrogens is 245 g/mol. The van der Waals surface area contributed by atoms with Crippen LogP contribution in [-0.4, -0.2) is 30.1 Å². The van der Waals surface area contributed by atoms with E-state index in [0.717, 1.165) is 31.4 Å². The van der Waals surface area contributed by atoms with Crippen LogP contribution in [0.25, 0.3) is 0 Å². The van der Waals surface area contributed by atoms with Gasteiger partial charge in [0, 0.05) is 6.54 Å². The Bertz CT molecular complexity index is 436. The Balaban J connectivity index is 2.05. The normalized spacial score (nSPS) is 20.2. The Kier molecular flexibility index (Phi) is 4.91. The Labute approximate surface area is 113 Å². The van der Waals surface area contributed by atoms with E-state index >= 15 is 0 Å². The van der Waals surface area contributed by atoms with E-state index in [4.69, 9.17) is 4.74 Å². The zero-order valence-electron chi connectivity index (χ0n) is 11.3. The van der Waals surface area contributed by atoms with Gasteiger partial charge in [-0.1, -0.05) is 18.6 Å². The van der Waals surface area contributed by atoms with Crippen LogP contribution in [0.15, 0.2) is 24.3 Å². The van der Waals surface area contributed by atoms with Gasteiger partial charge in [-0.15, -0.1) is 0 Å². The molecular formula is C15H20FNO2. The summed E-state index contributed by atoms with van der Waals surface area (Å²) in [4.78, 5) is 14.0. The molecule has 1 aliphatic heterocycles. The molecule has 1 aromatic carbocycles. The third-order valence-electron chi connectivity index (χ3n) is 3.45. The lowest BCUT2D eigenvalue weighted by molar-refractivity contribution is -0.151. The first-order valence-corrected chi connectivity index (χ1v) is 6.86. The van der Waals surface area contributed by atoms with Gasteiger partial charge in [-0.3, -0.25) is 9.69 Å². The van der Waals surface area contributed by atoms with Crippen LogP contribution in [0.1, 0.15) is 31.7 Å².